The van der Waals surface area contributed by atoms with Crippen molar-refractivity contribution < 1.29 is 4.79 Å². The van der Waals surface area contributed by atoms with Crippen LogP contribution in [0.1, 0.15) is 43.6 Å². The first kappa shape index (κ1) is 17.0. The summed E-state index contributed by atoms with van der Waals surface area (Å²) in [5.74, 6) is 1.91. The Balaban J connectivity index is 1.63. The lowest BCUT2D eigenvalue weighted by atomic mass is 10.00. The third-order valence-corrected chi connectivity index (χ3v) is 5.34. The third kappa shape index (κ3) is 3.48. The van der Waals surface area contributed by atoms with Crippen LogP contribution in [0.25, 0.3) is 0 Å². The molecule has 0 aliphatic carbocycles. The lowest BCUT2D eigenvalue weighted by Gasteiger charge is -2.28. The molecular formula is C18H24N4OS. The predicted octanol–water partition coefficient (Wildman–Crippen LogP) is 3.10. The summed E-state index contributed by atoms with van der Waals surface area (Å²) in [5.41, 5.74) is 2.63. The van der Waals surface area contributed by atoms with E-state index < -0.39 is 0 Å². The molecule has 2 aromatic rings. The van der Waals surface area contributed by atoms with E-state index in [4.69, 9.17) is 0 Å². The summed E-state index contributed by atoms with van der Waals surface area (Å²) in [6.45, 7) is 8.65. The number of carbonyl (C=O) groups is 1. The molecule has 128 valence electrons. The van der Waals surface area contributed by atoms with Crippen molar-refractivity contribution in [3.63, 3.8) is 0 Å². The fourth-order valence-corrected chi connectivity index (χ4v) is 3.97. The number of rotatable bonds is 5. The average molecular weight is 344 g/mol. The highest BCUT2D eigenvalue weighted by atomic mass is 32.2. The fourth-order valence-electron chi connectivity index (χ4n) is 3.06. The molecule has 0 atom stereocenters. The van der Waals surface area contributed by atoms with Crippen LogP contribution < -0.4 is 0 Å². The second-order valence-corrected chi connectivity index (χ2v) is 7.30. The summed E-state index contributed by atoms with van der Waals surface area (Å²) in [5, 5.41) is 9.38. The molecule has 0 saturated heterocycles. The maximum atomic E-state index is 12.6. The number of benzene rings is 1. The van der Waals surface area contributed by atoms with E-state index in [2.05, 4.69) is 53.7 Å². The molecule has 0 unspecified atom stereocenters. The first-order valence-corrected chi connectivity index (χ1v) is 9.49. The Labute approximate surface area is 147 Å². The minimum atomic E-state index is 0.172. The van der Waals surface area contributed by atoms with E-state index in [0.717, 1.165) is 30.5 Å². The van der Waals surface area contributed by atoms with Crippen molar-refractivity contribution in [1.82, 2.24) is 19.7 Å². The van der Waals surface area contributed by atoms with Crippen molar-refractivity contribution in [3.05, 3.63) is 41.2 Å². The molecule has 0 fully saturated rings. The van der Waals surface area contributed by atoms with Crippen molar-refractivity contribution in [1.29, 1.82) is 0 Å². The molecule has 3 rings (SSSR count). The van der Waals surface area contributed by atoms with E-state index in [9.17, 15) is 4.79 Å². The smallest absolute Gasteiger partial charge is 0.233 e. The van der Waals surface area contributed by atoms with Gasteiger partial charge in [-0.2, -0.15) is 0 Å². The van der Waals surface area contributed by atoms with Crippen LogP contribution in [0.2, 0.25) is 0 Å². The number of carbonyl (C=O) groups excluding carboxylic acids is 1. The third-order valence-electron chi connectivity index (χ3n) is 4.39. The molecule has 24 heavy (non-hydrogen) atoms. The molecule has 0 spiro atoms. The van der Waals surface area contributed by atoms with Crippen molar-refractivity contribution in [2.75, 3.05) is 12.3 Å². The van der Waals surface area contributed by atoms with Gasteiger partial charge in [-0.15, -0.1) is 10.2 Å². The maximum Gasteiger partial charge on any atom is 0.233 e. The molecule has 0 N–H and O–H groups in total. The first-order chi connectivity index (χ1) is 11.6. The maximum absolute atomic E-state index is 12.6. The van der Waals surface area contributed by atoms with Crippen molar-refractivity contribution in [3.8, 4) is 0 Å². The van der Waals surface area contributed by atoms with Gasteiger partial charge >= 0.3 is 0 Å². The van der Waals surface area contributed by atoms with Crippen LogP contribution in [-0.4, -0.2) is 37.9 Å². The van der Waals surface area contributed by atoms with Gasteiger partial charge in [-0.3, -0.25) is 4.79 Å². The Hall–Kier alpha value is -1.82. The predicted molar refractivity (Wildman–Crippen MR) is 96.1 cm³/mol. The van der Waals surface area contributed by atoms with Crippen molar-refractivity contribution >= 4 is 17.7 Å². The van der Waals surface area contributed by atoms with Crippen molar-refractivity contribution in [2.45, 2.75) is 51.4 Å². The molecule has 1 aliphatic heterocycles. The monoisotopic (exact) mass is 344 g/mol. The minimum Gasteiger partial charge on any atom is -0.337 e. The largest absolute Gasteiger partial charge is 0.337 e. The Kier molecular flexibility index (Phi) is 5.23. The van der Waals surface area contributed by atoms with Gasteiger partial charge < -0.3 is 9.47 Å². The number of nitrogens with zero attached hydrogens (tertiary/aromatic N) is 4. The van der Waals surface area contributed by atoms with E-state index in [1.165, 1.54) is 22.9 Å². The summed E-state index contributed by atoms with van der Waals surface area (Å²) in [6, 6.07) is 8.38. The SMILES string of the molecule is CCn1c(SCC(=O)N2CCc3ccccc3C2)nnc1C(C)C. The Morgan fingerprint density at radius 3 is 2.71 bits per heavy atom. The molecule has 6 heteroatoms. The van der Waals surface area contributed by atoms with Crippen LogP contribution in [0.3, 0.4) is 0 Å². The topological polar surface area (TPSA) is 51.0 Å². The summed E-state index contributed by atoms with van der Waals surface area (Å²) in [7, 11) is 0. The lowest BCUT2D eigenvalue weighted by Crippen LogP contribution is -2.37. The summed E-state index contributed by atoms with van der Waals surface area (Å²) < 4.78 is 2.11. The first-order valence-electron chi connectivity index (χ1n) is 8.50. The van der Waals surface area contributed by atoms with E-state index in [1.54, 1.807) is 0 Å². The van der Waals surface area contributed by atoms with Crippen LogP contribution in [0.5, 0.6) is 0 Å². The van der Waals surface area contributed by atoms with Crippen LogP contribution in [0.15, 0.2) is 29.4 Å². The van der Waals surface area contributed by atoms with E-state index >= 15 is 0 Å². The van der Waals surface area contributed by atoms with Gasteiger partial charge in [0.1, 0.15) is 5.82 Å². The van der Waals surface area contributed by atoms with Crippen molar-refractivity contribution in [2.24, 2.45) is 0 Å². The Morgan fingerprint density at radius 2 is 2.00 bits per heavy atom. The van der Waals surface area contributed by atoms with Crippen LogP contribution in [-0.2, 0) is 24.3 Å². The zero-order valence-corrected chi connectivity index (χ0v) is 15.3. The van der Waals surface area contributed by atoms with Gasteiger partial charge in [0.2, 0.25) is 5.91 Å². The summed E-state index contributed by atoms with van der Waals surface area (Å²) in [4.78, 5) is 14.5. The van der Waals surface area contributed by atoms with Crippen LogP contribution in [0.4, 0.5) is 0 Å². The van der Waals surface area contributed by atoms with E-state index in [1.807, 2.05) is 11.0 Å². The molecule has 0 bridgehead atoms. The normalized spacial score (nSPS) is 14.1. The van der Waals surface area contributed by atoms with Gasteiger partial charge in [-0.25, -0.2) is 0 Å². The number of aromatic nitrogens is 3. The van der Waals surface area contributed by atoms with Gasteiger partial charge in [0.15, 0.2) is 5.16 Å². The Morgan fingerprint density at radius 1 is 1.25 bits per heavy atom. The molecule has 0 saturated carbocycles. The van der Waals surface area contributed by atoms with E-state index in [-0.39, 0.29) is 5.91 Å². The summed E-state index contributed by atoms with van der Waals surface area (Å²) >= 11 is 1.49. The second-order valence-electron chi connectivity index (χ2n) is 6.36. The highest BCUT2D eigenvalue weighted by Crippen LogP contribution is 2.23. The number of thioether (sulfide) groups is 1. The molecule has 1 aromatic heterocycles. The van der Waals surface area contributed by atoms with Gasteiger partial charge in [0.05, 0.1) is 5.75 Å². The highest BCUT2D eigenvalue weighted by molar-refractivity contribution is 7.99. The molecule has 1 aromatic carbocycles. The lowest BCUT2D eigenvalue weighted by molar-refractivity contribution is -0.129. The molecule has 0 radical (unpaired) electrons. The van der Waals surface area contributed by atoms with Gasteiger partial charge in [0, 0.05) is 25.6 Å². The van der Waals surface area contributed by atoms with Gasteiger partial charge in [0.25, 0.3) is 0 Å². The zero-order valence-electron chi connectivity index (χ0n) is 14.5. The number of fused-ring (bicyclic) bond motifs is 1. The fraction of sp³-hybridized carbons (Fsp3) is 0.500. The molecule has 1 amide bonds. The van der Waals surface area contributed by atoms with Gasteiger partial charge in [-0.05, 0) is 24.5 Å². The average Bonchev–Trinajstić information content (AvgIpc) is 3.02. The highest BCUT2D eigenvalue weighted by Gasteiger charge is 2.21. The van der Waals surface area contributed by atoms with Crippen LogP contribution >= 0.6 is 11.8 Å². The quantitative estimate of drug-likeness (QED) is 0.782. The Bertz CT molecular complexity index is 726. The molecule has 1 aliphatic rings. The minimum absolute atomic E-state index is 0.172. The standard InChI is InChI=1S/C18H24N4OS/c1-4-22-17(13(2)3)19-20-18(22)24-12-16(23)21-10-9-14-7-5-6-8-15(14)11-21/h5-8,13H,4,9-12H2,1-3H3. The molecule has 2 heterocycles. The second kappa shape index (κ2) is 7.38. The van der Waals surface area contributed by atoms with Crippen LogP contribution in [0, 0.1) is 0 Å². The number of hydrogen-bond donors (Lipinski definition) is 0. The summed E-state index contributed by atoms with van der Waals surface area (Å²) in [6.07, 6.45) is 0.940. The number of hydrogen-bond acceptors (Lipinski definition) is 4. The zero-order chi connectivity index (χ0) is 17.1. The van der Waals surface area contributed by atoms with E-state index in [0.29, 0.717) is 18.2 Å². The van der Waals surface area contributed by atoms with Gasteiger partial charge in [-0.1, -0.05) is 49.9 Å². The molecule has 5 nitrogen and oxygen atoms in total. The number of amides is 1. The molecular weight excluding hydrogens is 320 g/mol.